The molecule has 0 spiro atoms. The maximum Gasteiger partial charge on any atom is 0.159 e. The van der Waals surface area contributed by atoms with Crippen LogP contribution in [0, 0.1) is 0 Å². The van der Waals surface area contributed by atoms with Gasteiger partial charge in [0.05, 0.1) is 27.1 Å². The number of fused-ring (bicyclic) bond motifs is 11. The predicted octanol–water partition coefficient (Wildman–Crippen LogP) is 18.2. The molecule has 0 aliphatic rings. The molecule has 0 fully saturated rings. The molecule has 10 aromatic carbocycles. The van der Waals surface area contributed by atoms with Crippen LogP contribution in [0.3, 0.4) is 0 Å². The van der Waals surface area contributed by atoms with E-state index in [0.717, 1.165) is 88.8 Å². The Morgan fingerprint density at radius 1 is 0.358 bits per heavy atom. The lowest BCUT2D eigenvalue weighted by Crippen LogP contribution is -2.10. The first-order chi connectivity index (χ1) is 33.2. The number of rotatable bonds is 7. The highest BCUT2D eigenvalue weighted by Gasteiger charge is 2.23. The molecule has 67 heavy (non-hydrogen) atoms. The average molecular weight is 875 g/mol. The fraction of sp³-hybridized carbons (Fsp3) is 0. The second-order valence-corrected chi connectivity index (χ2v) is 18.3. The van der Waals surface area contributed by atoms with E-state index in [1.807, 2.05) is 17.4 Å². The summed E-state index contributed by atoms with van der Waals surface area (Å²) in [5, 5.41) is 5.57. The Balaban J connectivity index is 0.902. The van der Waals surface area contributed by atoms with Gasteiger partial charge in [-0.2, -0.15) is 0 Å². The Morgan fingerprint density at radius 2 is 0.940 bits per heavy atom. The zero-order chi connectivity index (χ0) is 44.0. The van der Waals surface area contributed by atoms with E-state index >= 15 is 0 Å². The van der Waals surface area contributed by atoms with Crippen LogP contribution in [-0.2, 0) is 0 Å². The van der Waals surface area contributed by atoms with Gasteiger partial charge in [-0.05, 0) is 94.0 Å². The maximum absolute atomic E-state index is 7.00. The number of hydrogen-bond donors (Lipinski definition) is 0. The lowest BCUT2D eigenvalue weighted by Gasteiger charge is -2.25. The van der Waals surface area contributed by atoms with E-state index in [9.17, 15) is 0 Å². The summed E-state index contributed by atoms with van der Waals surface area (Å²) in [5.74, 6) is 0. The quantitative estimate of drug-likeness (QED) is 0.160. The molecular weight excluding hydrogens is 837 g/mol. The second-order valence-electron chi connectivity index (χ2n) is 17.2. The molecule has 4 nitrogen and oxygen atoms in total. The Bertz CT molecular complexity index is 4200. The van der Waals surface area contributed by atoms with Gasteiger partial charge in [-0.15, -0.1) is 11.3 Å². The van der Waals surface area contributed by atoms with Gasteiger partial charge < -0.3 is 13.7 Å². The zero-order valence-electron chi connectivity index (χ0n) is 36.1. The monoisotopic (exact) mass is 874 g/mol. The van der Waals surface area contributed by atoms with Crippen LogP contribution in [0.25, 0.3) is 114 Å². The van der Waals surface area contributed by atoms with Crippen LogP contribution in [0.2, 0.25) is 0 Å². The van der Waals surface area contributed by atoms with Gasteiger partial charge in [0, 0.05) is 49.8 Å². The average Bonchev–Trinajstić information content (AvgIpc) is 4.15. The molecule has 0 N–H and O–H groups in total. The molecule has 0 unspecified atom stereocenters. The van der Waals surface area contributed by atoms with Crippen molar-refractivity contribution in [2.24, 2.45) is 0 Å². The highest BCUT2D eigenvalue weighted by molar-refractivity contribution is 7.24. The van der Waals surface area contributed by atoms with Crippen molar-refractivity contribution in [1.29, 1.82) is 0 Å². The number of thiazole rings is 1. The van der Waals surface area contributed by atoms with Crippen LogP contribution in [0.4, 0.5) is 17.1 Å². The highest BCUT2D eigenvalue weighted by atomic mass is 32.1. The molecule has 314 valence electrons. The number of anilines is 3. The van der Waals surface area contributed by atoms with Crippen molar-refractivity contribution in [2.45, 2.75) is 0 Å². The molecule has 0 radical (unpaired) electrons. The molecule has 14 rings (SSSR count). The molecule has 0 aliphatic heterocycles. The van der Waals surface area contributed by atoms with Crippen molar-refractivity contribution in [1.82, 2.24) is 4.40 Å². The zero-order valence-corrected chi connectivity index (χ0v) is 36.9. The molecule has 5 heteroatoms. The summed E-state index contributed by atoms with van der Waals surface area (Å²) in [4.78, 5) is 3.56. The van der Waals surface area contributed by atoms with Gasteiger partial charge >= 0.3 is 0 Å². The van der Waals surface area contributed by atoms with Crippen LogP contribution in [0.1, 0.15) is 0 Å². The largest absolute Gasteiger partial charge is 0.456 e. The van der Waals surface area contributed by atoms with Gasteiger partial charge in [-0.3, -0.25) is 4.40 Å². The van der Waals surface area contributed by atoms with E-state index < -0.39 is 0 Å². The Labute approximate surface area is 389 Å². The molecular formula is C62H38N2O2S. The fourth-order valence-electron chi connectivity index (χ4n) is 10.3. The SMILES string of the molecule is c1ccc(-c2ccc(N(c3ccc4c(c3)oc3cc(-c5ccc6sc7c(-c8ccccc8)c8ccccc8n7c6c5)ccc34)c3cccc4c3oc3c(-c5ccccc5)cccc34)cc2)cc1. The lowest BCUT2D eigenvalue weighted by atomic mass is 10.0. The van der Waals surface area contributed by atoms with Crippen LogP contribution in [0.5, 0.6) is 0 Å². The standard InChI is InChI=1S/C62H38N2O2S/c1-4-14-39(15-5-1)40-26-30-45(31-27-40)63(54-25-13-23-51-50-22-12-21-47(60(50)66-61(51)54)41-16-6-2-7-17-41)46-32-34-49-48-33-28-44(37-56(48)65-57(49)38-46)43-29-35-58-55(36-43)64-53-24-11-10-20-52(53)59(62(64)67-58)42-18-8-3-9-19-42/h1-38H. The van der Waals surface area contributed by atoms with E-state index in [4.69, 9.17) is 8.83 Å². The van der Waals surface area contributed by atoms with Crippen LogP contribution >= 0.6 is 11.3 Å². The maximum atomic E-state index is 7.00. The predicted molar refractivity (Wildman–Crippen MR) is 281 cm³/mol. The van der Waals surface area contributed by atoms with Gasteiger partial charge in [0.1, 0.15) is 21.6 Å². The number of nitrogens with zero attached hydrogens (tertiary/aromatic N) is 2. The summed E-state index contributed by atoms with van der Waals surface area (Å²) in [6.45, 7) is 0. The lowest BCUT2D eigenvalue weighted by molar-refractivity contribution is 0.668. The Morgan fingerprint density at radius 3 is 1.73 bits per heavy atom. The van der Waals surface area contributed by atoms with E-state index in [-0.39, 0.29) is 0 Å². The minimum absolute atomic E-state index is 0.820. The smallest absolute Gasteiger partial charge is 0.159 e. The normalized spacial score (nSPS) is 11.9. The molecule has 14 aromatic rings. The molecule has 4 aromatic heterocycles. The first-order valence-corrected chi connectivity index (χ1v) is 23.5. The van der Waals surface area contributed by atoms with E-state index in [0.29, 0.717) is 0 Å². The summed E-state index contributed by atoms with van der Waals surface area (Å²) < 4.78 is 17.6. The van der Waals surface area contributed by atoms with Gasteiger partial charge in [0.15, 0.2) is 5.58 Å². The molecule has 0 saturated carbocycles. The van der Waals surface area contributed by atoms with Gasteiger partial charge in [0.2, 0.25) is 0 Å². The van der Waals surface area contributed by atoms with Gasteiger partial charge in [0.25, 0.3) is 0 Å². The topological polar surface area (TPSA) is 33.9 Å². The summed E-state index contributed by atoms with van der Waals surface area (Å²) in [5.41, 5.74) is 18.0. The van der Waals surface area contributed by atoms with Crippen molar-refractivity contribution in [3.63, 3.8) is 0 Å². The van der Waals surface area contributed by atoms with E-state index in [1.165, 1.54) is 42.6 Å². The Kier molecular flexibility index (Phi) is 8.42. The summed E-state index contributed by atoms with van der Waals surface area (Å²) in [6.07, 6.45) is 0. The third-order valence-corrected chi connectivity index (χ3v) is 14.6. The van der Waals surface area contributed by atoms with E-state index in [1.54, 1.807) is 0 Å². The molecule has 0 bridgehead atoms. The summed E-state index contributed by atoms with van der Waals surface area (Å²) in [6, 6.07) is 82.3. The summed E-state index contributed by atoms with van der Waals surface area (Å²) >= 11 is 1.85. The number of furan rings is 2. The third-order valence-electron chi connectivity index (χ3n) is 13.4. The van der Waals surface area contributed by atoms with Gasteiger partial charge in [-0.25, -0.2) is 0 Å². The van der Waals surface area contributed by atoms with Crippen molar-refractivity contribution >= 4 is 98.2 Å². The van der Waals surface area contributed by atoms with Crippen LogP contribution in [0.15, 0.2) is 239 Å². The minimum Gasteiger partial charge on any atom is -0.456 e. The molecule has 0 saturated heterocycles. The first kappa shape index (κ1) is 37.7. The highest BCUT2D eigenvalue weighted by Crippen LogP contribution is 2.47. The number of aromatic nitrogens is 1. The first-order valence-electron chi connectivity index (χ1n) is 22.6. The number of benzene rings is 10. The summed E-state index contributed by atoms with van der Waals surface area (Å²) in [7, 11) is 0. The van der Waals surface area contributed by atoms with Crippen molar-refractivity contribution < 1.29 is 8.83 Å². The second kappa shape index (κ2) is 15.0. The van der Waals surface area contributed by atoms with Crippen molar-refractivity contribution in [2.75, 3.05) is 4.90 Å². The molecule has 0 aliphatic carbocycles. The van der Waals surface area contributed by atoms with E-state index in [2.05, 4.69) is 234 Å². The van der Waals surface area contributed by atoms with Crippen molar-refractivity contribution in [3.05, 3.63) is 231 Å². The fourth-order valence-corrected chi connectivity index (χ4v) is 11.5. The molecule has 0 amide bonds. The van der Waals surface area contributed by atoms with Crippen LogP contribution < -0.4 is 4.90 Å². The molecule has 0 atom stereocenters. The molecule has 4 heterocycles. The van der Waals surface area contributed by atoms with Crippen molar-refractivity contribution in [3.8, 4) is 44.5 Å². The number of hydrogen-bond acceptors (Lipinski definition) is 4. The third kappa shape index (κ3) is 5.99. The number of para-hydroxylation sites is 3. The van der Waals surface area contributed by atoms with Gasteiger partial charge in [-0.1, -0.05) is 164 Å². The van der Waals surface area contributed by atoms with Crippen LogP contribution in [-0.4, -0.2) is 4.40 Å². The Hall–Kier alpha value is -8.64. The minimum atomic E-state index is 0.820.